The fourth-order valence-corrected chi connectivity index (χ4v) is 1.12. The topological polar surface area (TPSA) is 43.6 Å². The van der Waals surface area contributed by atoms with Crippen molar-refractivity contribution in [1.82, 2.24) is 20.0 Å². The number of hydrogen-bond acceptors (Lipinski definition) is 3. The predicted octanol–water partition coefficient (Wildman–Crippen LogP) is 1.42. The van der Waals surface area contributed by atoms with Crippen LogP contribution in [0.25, 0.3) is 5.69 Å². The number of rotatable bonds is 1. The Morgan fingerprint density at radius 1 is 1.42 bits per heavy atom. The van der Waals surface area contributed by atoms with E-state index in [0.717, 1.165) is 5.69 Å². The second kappa shape index (κ2) is 3.02. The zero-order valence-corrected chi connectivity index (χ0v) is 7.64. The Morgan fingerprint density at radius 3 is 2.92 bits per heavy atom. The second-order valence-corrected chi connectivity index (χ2v) is 3.01. The van der Waals surface area contributed by atoms with Gasteiger partial charge in [-0.25, -0.2) is 4.68 Å². The molecule has 0 aliphatic heterocycles. The molecular weight excluding hydrogens is 220 g/mol. The van der Waals surface area contributed by atoms with Gasteiger partial charge in [0.25, 0.3) is 0 Å². The summed E-state index contributed by atoms with van der Waals surface area (Å²) in [4.78, 5) is 3.97. The monoisotopic (exact) mass is 224 g/mol. The molecule has 0 aromatic carbocycles. The molecule has 60 valence electrons. The van der Waals surface area contributed by atoms with Gasteiger partial charge in [0.15, 0.2) is 0 Å². The van der Waals surface area contributed by atoms with Gasteiger partial charge in [-0.2, -0.15) is 0 Å². The SMILES string of the molecule is Brc1cn(-c2cccnc2)nn1. The summed E-state index contributed by atoms with van der Waals surface area (Å²) in [6.45, 7) is 0. The maximum absolute atomic E-state index is 3.97. The van der Waals surface area contributed by atoms with Gasteiger partial charge in [-0.1, -0.05) is 5.21 Å². The summed E-state index contributed by atoms with van der Waals surface area (Å²) in [5.74, 6) is 0. The van der Waals surface area contributed by atoms with Gasteiger partial charge in [0.1, 0.15) is 4.60 Å². The molecular formula is C7H5BrN4. The van der Waals surface area contributed by atoms with Crippen molar-refractivity contribution < 1.29 is 0 Å². The van der Waals surface area contributed by atoms with Crippen molar-refractivity contribution in [2.75, 3.05) is 0 Å². The van der Waals surface area contributed by atoms with Crippen LogP contribution in [0.1, 0.15) is 0 Å². The van der Waals surface area contributed by atoms with Gasteiger partial charge in [0.2, 0.25) is 0 Å². The summed E-state index contributed by atoms with van der Waals surface area (Å²) in [5.41, 5.74) is 0.899. The number of hydrogen-bond donors (Lipinski definition) is 0. The van der Waals surface area contributed by atoms with E-state index in [4.69, 9.17) is 0 Å². The molecule has 0 spiro atoms. The molecule has 12 heavy (non-hydrogen) atoms. The molecule has 0 atom stereocenters. The van der Waals surface area contributed by atoms with Crippen LogP contribution in [0.15, 0.2) is 35.3 Å². The van der Waals surface area contributed by atoms with Crippen molar-refractivity contribution in [1.29, 1.82) is 0 Å². The smallest absolute Gasteiger partial charge is 0.148 e. The van der Waals surface area contributed by atoms with Gasteiger partial charge >= 0.3 is 0 Å². The lowest BCUT2D eigenvalue weighted by Gasteiger charge is -1.95. The first-order valence-corrected chi connectivity index (χ1v) is 4.14. The first kappa shape index (κ1) is 7.42. The second-order valence-electron chi connectivity index (χ2n) is 2.20. The molecule has 0 amide bonds. The van der Waals surface area contributed by atoms with E-state index in [-0.39, 0.29) is 0 Å². The van der Waals surface area contributed by atoms with E-state index >= 15 is 0 Å². The number of aromatic nitrogens is 4. The molecule has 0 saturated heterocycles. The molecule has 0 bridgehead atoms. The number of nitrogens with zero attached hydrogens (tertiary/aromatic N) is 4. The summed E-state index contributed by atoms with van der Waals surface area (Å²) in [6.07, 6.45) is 5.22. The highest BCUT2D eigenvalue weighted by atomic mass is 79.9. The molecule has 2 aromatic rings. The van der Waals surface area contributed by atoms with Crippen molar-refractivity contribution in [2.24, 2.45) is 0 Å². The van der Waals surface area contributed by atoms with Crippen molar-refractivity contribution in [3.05, 3.63) is 35.3 Å². The summed E-state index contributed by atoms with van der Waals surface area (Å²) in [6, 6.07) is 3.76. The third-order valence-corrected chi connectivity index (χ3v) is 1.74. The van der Waals surface area contributed by atoms with Crippen molar-refractivity contribution in [3.63, 3.8) is 0 Å². The average Bonchev–Trinajstić information content (AvgIpc) is 2.54. The van der Waals surface area contributed by atoms with E-state index in [9.17, 15) is 0 Å². The van der Waals surface area contributed by atoms with Crippen LogP contribution >= 0.6 is 15.9 Å². The third kappa shape index (κ3) is 1.35. The largest absolute Gasteiger partial charge is 0.262 e. The molecule has 0 fully saturated rings. The zero-order valence-electron chi connectivity index (χ0n) is 6.05. The van der Waals surface area contributed by atoms with Crippen LogP contribution in [-0.2, 0) is 0 Å². The molecule has 2 aromatic heterocycles. The van der Waals surface area contributed by atoms with Crippen molar-refractivity contribution in [2.45, 2.75) is 0 Å². The molecule has 0 N–H and O–H groups in total. The first-order chi connectivity index (χ1) is 5.86. The Hall–Kier alpha value is -1.23. The minimum atomic E-state index is 0.714. The Balaban J connectivity index is 2.45. The lowest BCUT2D eigenvalue weighted by molar-refractivity contribution is 0.798. The van der Waals surface area contributed by atoms with E-state index in [1.54, 1.807) is 23.3 Å². The van der Waals surface area contributed by atoms with Crippen LogP contribution < -0.4 is 0 Å². The first-order valence-electron chi connectivity index (χ1n) is 3.34. The molecule has 2 heterocycles. The predicted molar refractivity (Wildman–Crippen MR) is 46.9 cm³/mol. The minimum Gasteiger partial charge on any atom is -0.262 e. The van der Waals surface area contributed by atoms with E-state index in [1.165, 1.54) is 0 Å². The van der Waals surface area contributed by atoms with E-state index in [1.807, 2.05) is 12.1 Å². The van der Waals surface area contributed by atoms with E-state index < -0.39 is 0 Å². The normalized spacial score (nSPS) is 10.1. The van der Waals surface area contributed by atoms with Crippen LogP contribution in [0, 0.1) is 0 Å². The van der Waals surface area contributed by atoms with Gasteiger partial charge in [-0.15, -0.1) is 5.10 Å². The molecule has 0 unspecified atom stereocenters. The fourth-order valence-electron chi connectivity index (χ4n) is 0.859. The standard InChI is InChI=1S/C7H5BrN4/c8-7-5-12(11-10-7)6-2-1-3-9-4-6/h1-5H. The molecule has 0 aliphatic rings. The number of halogens is 1. The molecule has 0 aliphatic carbocycles. The quantitative estimate of drug-likeness (QED) is 0.737. The zero-order chi connectivity index (χ0) is 8.39. The van der Waals surface area contributed by atoms with Gasteiger partial charge in [0, 0.05) is 6.20 Å². The fraction of sp³-hybridized carbons (Fsp3) is 0. The van der Waals surface area contributed by atoms with Crippen molar-refractivity contribution >= 4 is 15.9 Å². The highest BCUT2D eigenvalue weighted by Gasteiger charge is 1.97. The third-order valence-electron chi connectivity index (χ3n) is 1.38. The number of pyridine rings is 1. The Morgan fingerprint density at radius 2 is 2.33 bits per heavy atom. The highest BCUT2D eigenvalue weighted by Crippen LogP contribution is 2.07. The van der Waals surface area contributed by atoms with E-state index in [0.29, 0.717) is 4.60 Å². The van der Waals surface area contributed by atoms with Crippen LogP contribution in [0.2, 0.25) is 0 Å². The molecule has 5 heteroatoms. The van der Waals surface area contributed by atoms with Gasteiger partial charge in [-0.3, -0.25) is 4.98 Å². The van der Waals surface area contributed by atoms with Gasteiger partial charge in [-0.05, 0) is 28.1 Å². The van der Waals surface area contributed by atoms with Crippen LogP contribution in [0.4, 0.5) is 0 Å². The maximum atomic E-state index is 3.97. The summed E-state index contributed by atoms with van der Waals surface area (Å²) in [7, 11) is 0. The van der Waals surface area contributed by atoms with E-state index in [2.05, 4.69) is 31.2 Å². The van der Waals surface area contributed by atoms with Crippen molar-refractivity contribution in [3.8, 4) is 5.69 Å². The summed E-state index contributed by atoms with van der Waals surface area (Å²) < 4.78 is 2.36. The van der Waals surface area contributed by atoms with Crippen LogP contribution in [0.3, 0.4) is 0 Å². The molecule has 2 rings (SSSR count). The lowest BCUT2D eigenvalue weighted by Crippen LogP contribution is -1.94. The highest BCUT2D eigenvalue weighted by molar-refractivity contribution is 9.10. The van der Waals surface area contributed by atoms with Gasteiger partial charge in [0.05, 0.1) is 18.1 Å². The maximum Gasteiger partial charge on any atom is 0.148 e. The Kier molecular flexibility index (Phi) is 1.87. The average molecular weight is 225 g/mol. The summed E-state index contributed by atoms with van der Waals surface area (Å²) in [5, 5.41) is 7.66. The molecule has 4 nitrogen and oxygen atoms in total. The molecule has 0 saturated carbocycles. The Bertz CT molecular complexity index is 370. The van der Waals surface area contributed by atoms with Gasteiger partial charge < -0.3 is 0 Å². The Labute approximate surface area is 77.4 Å². The summed E-state index contributed by atoms with van der Waals surface area (Å²) >= 11 is 3.21. The van der Waals surface area contributed by atoms with Crippen LogP contribution in [-0.4, -0.2) is 20.0 Å². The minimum absolute atomic E-state index is 0.714. The lowest BCUT2D eigenvalue weighted by atomic mass is 10.4. The molecule has 0 radical (unpaired) electrons. The van der Waals surface area contributed by atoms with Crippen LogP contribution in [0.5, 0.6) is 0 Å².